The van der Waals surface area contributed by atoms with Gasteiger partial charge in [0.15, 0.2) is 0 Å². The number of imide groups is 1. The Morgan fingerprint density at radius 2 is 1.36 bits per heavy atom. The molecule has 2 aliphatic rings. The fourth-order valence-electron chi connectivity index (χ4n) is 5.02. The predicted molar refractivity (Wildman–Crippen MR) is 177 cm³/mol. The molecule has 2 aliphatic heterocycles. The number of carbonyl (C=O) groups is 8. The molecule has 2 atom stereocenters. The van der Waals surface area contributed by atoms with Gasteiger partial charge in [0.1, 0.15) is 12.1 Å². The Hall–Kier alpha value is -6.04. The summed E-state index contributed by atoms with van der Waals surface area (Å²) in [5, 5.41) is 10.0. The Morgan fingerprint density at radius 1 is 0.760 bits per heavy atom. The molecule has 15 heteroatoms. The van der Waals surface area contributed by atoms with Crippen molar-refractivity contribution in [2.75, 3.05) is 18.0 Å². The predicted octanol–water partition coefficient (Wildman–Crippen LogP) is 0.198. The van der Waals surface area contributed by atoms with Gasteiger partial charge >= 0.3 is 5.97 Å². The number of rotatable bonds is 13. The molecular formula is C35H38N6O9. The second-order valence-corrected chi connectivity index (χ2v) is 12.0. The summed E-state index contributed by atoms with van der Waals surface area (Å²) in [5.74, 6) is 0.490. The molecule has 1 fully saturated rings. The molecule has 15 nitrogen and oxygen atoms in total. The molecule has 0 aromatic heterocycles. The van der Waals surface area contributed by atoms with Gasteiger partial charge in [-0.15, -0.1) is 5.06 Å². The molecule has 262 valence electrons. The van der Waals surface area contributed by atoms with Crippen LogP contribution in [-0.2, 0) is 49.7 Å². The Morgan fingerprint density at radius 3 is 2.06 bits per heavy atom. The number of hydrogen-bond acceptors (Lipinski definition) is 9. The summed E-state index contributed by atoms with van der Waals surface area (Å²) in [4.78, 5) is 106. The molecular weight excluding hydrogens is 648 g/mol. The van der Waals surface area contributed by atoms with Gasteiger partial charge in [0.25, 0.3) is 11.8 Å². The third-order valence-electron chi connectivity index (χ3n) is 7.80. The highest BCUT2D eigenvalue weighted by Crippen LogP contribution is 2.26. The van der Waals surface area contributed by atoms with Gasteiger partial charge in [-0.2, -0.15) is 0 Å². The molecule has 0 unspecified atom stereocenters. The molecule has 2 aromatic carbocycles. The Balaban J connectivity index is 1.20. The van der Waals surface area contributed by atoms with Gasteiger partial charge in [-0.1, -0.05) is 56.0 Å². The van der Waals surface area contributed by atoms with Gasteiger partial charge in [0, 0.05) is 36.8 Å². The summed E-state index contributed by atoms with van der Waals surface area (Å²) in [5.41, 5.74) is 3.01. The third kappa shape index (κ3) is 9.75. The number of amides is 7. The van der Waals surface area contributed by atoms with Crippen LogP contribution in [0.25, 0.3) is 0 Å². The summed E-state index contributed by atoms with van der Waals surface area (Å²) >= 11 is 0. The number of carbonyl (C=O) groups excluding carboxylic acids is 8. The van der Waals surface area contributed by atoms with Crippen LogP contribution in [0.15, 0.2) is 48.5 Å². The van der Waals surface area contributed by atoms with Crippen LogP contribution in [0.5, 0.6) is 0 Å². The van der Waals surface area contributed by atoms with Crippen LogP contribution in [0.2, 0.25) is 0 Å². The number of nitrogens with zero attached hydrogens (tertiary/aromatic N) is 2. The summed E-state index contributed by atoms with van der Waals surface area (Å²) < 4.78 is 0. The standard InChI is InChI=1S/C35H38N6O9/c1-21(2)33(34(48)38-22(3)35(49)50-41-31(46)16-17-32(41)47)39-29(44)19-37-28(43)18-36-27(42)14-15-30(45)40-20-25-10-5-4-8-23(25)12-13-24-9-6-7-11-26(24)40/h4-11,21-22,33H,14-20H2,1-3H3,(H,36,42)(H,37,43)(H,38,48)(H,39,44)/t22-,33-/m0/s1. The van der Waals surface area contributed by atoms with E-state index < -0.39 is 72.5 Å². The van der Waals surface area contributed by atoms with Crippen molar-refractivity contribution in [1.82, 2.24) is 26.3 Å². The van der Waals surface area contributed by atoms with E-state index in [-0.39, 0.29) is 38.1 Å². The number of benzene rings is 2. The van der Waals surface area contributed by atoms with Crippen LogP contribution >= 0.6 is 0 Å². The minimum absolute atomic E-state index is 0.0836. The smallest absolute Gasteiger partial charge is 0.347 e. The molecule has 7 amide bonds. The Bertz CT molecular complexity index is 1750. The van der Waals surface area contributed by atoms with Crippen LogP contribution < -0.4 is 26.2 Å². The first-order chi connectivity index (χ1) is 23.8. The summed E-state index contributed by atoms with van der Waals surface area (Å²) in [6.07, 6.45) is -0.469. The number of nitrogens with one attached hydrogen (secondary N) is 4. The van der Waals surface area contributed by atoms with Crippen molar-refractivity contribution in [3.05, 3.63) is 65.2 Å². The van der Waals surface area contributed by atoms with Crippen LogP contribution in [0, 0.1) is 17.8 Å². The maximum atomic E-state index is 13.3. The molecule has 1 saturated heterocycles. The van der Waals surface area contributed by atoms with Crippen LogP contribution in [0.1, 0.15) is 63.1 Å². The monoisotopic (exact) mass is 686 g/mol. The van der Waals surface area contributed by atoms with Crippen molar-refractivity contribution in [3.63, 3.8) is 0 Å². The van der Waals surface area contributed by atoms with Gasteiger partial charge < -0.3 is 31.0 Å². The molecule has 2 heterocycles. The van der Waals surface area contributed by atoms with E-state index in [4.69, 9.17) is 4.84 Å². The zero-order valence-corrected chi connectivity index (χ0v) is 27.9. The molecule has 0 saturated carbocycles. The molecule has 0 spiro atoms. The lowest BCUT2D eigenvalue weighted by Gasteiger charge is -2.26. The third-order valence-corrected chi connectivity index (χ3v) is 7.80. The molecule has 0 aliphatic carbocycles. The second kappa shape index (κ2) is 16.9. The first kappa shape index (κ1) is 36.8. The van der Waals surface area contributed by atoms with E-state index in [1.807, 2.05) is 42.5 Å². The quantitative estimate of drug-likeness (QED) is 0.168. The van der Waals surface area contributed by atoms with Gasteiger partial charge in [0.2, 0.25) is 29.5 Å². The highest BCUT2D eigenvalue weighted by molar-refractivity contribution is 6.02. The number of hydroxylamine groups is 2. The molecule has 0 radical (unpaired) electrons. The molecule has 0 bridgehead atoms. The fraction of sp³-hybridized carbons (Fsp3) is 0.371. The normalized spacial score (nSPS) is 14.5. The maximum absolute atomic E-state index is 13.3. The average molecular weight is 687 g/mol. The Kier molecular flexibility index (Phi) is 12.4. The number of anilines is 1. The van der Waals surface area contributed by atoms with Crippen molar-refractivity contribution in [2.45, 2.75) is 65.1 Å². The average Bonchev–Trinajstić information content (AvgIpc) is 3.40. The zero-order chi connectivity index (χ0) is 36.4. The van der Waals surface area contributed by atoms with Crippen LogP contribution in [0.3, 0.4) is 0 Å². The topological polar surface area (TPSA) is 200 Å². The lowest BCUT2D eigenvalue weighted by molar-refractivity contribution is -0.198. The van der Waals surface area contributed by atoms with Crippen molar-refractivity contribution in [3.8, 4) is 11.8 Å². The van der Waals surface area contributed by atoms with Crippen LogP contribution in [-0.4, -0.2) is 77.6 Å². The SMILES string of the molecule is CC(C)[C@H](NC(=O)CNC(=O)CNC(=O)CCC(=O)N1Cc2ccccc2C#Cc2ccccc21)C(=O)N[C@@H](C)C(=O)ON1C(=O)CCC1=O. The van der Waals surface area contributed by atoms with E-state index in [1.54, 1.807) is 24.8 Å². The lowest BCUT2D eigenvalue weighted by Crippen LogP contribution is -2.55. The first-order valence-corrected chi connectivity index (χ1v) is 16.0. The number of para-hydroxylation sites is 1. The largest absolute Gasteiger partial charge is 0.354 e. The number of hydrogen-bond donors (Lipinski definition) is 4. The van der Waals surface area contributed by atoms with Gasteiger partial charge in [0.05, 0.1) is 25.3 Å². The highest BCUT2D eigenvalue weighted by Gasteiger charge is 2.35. The number of fused-ring (bicyclic) bond motifs is 2. The highest BCUT2D eigenvalue weighted by atomic mass is 16.7. The van der Waals surface area contributed by atoms with Crippen LogP contribution in [0.4, 0.5) is 5.69 Å². The molecule has 4 N–H and O–H groups in total. The lowest BCUT2D eigenvalue weighted by atomic mass is 10.0. The molecule has 4 rings (SSSR count). The van der Waals surface area contributed by atoms with Gasteiger partial charge in [-0.25, -0.2) is 4.79 Å². The Labute approximate surface area is 288 Å². The minimum atomic E-state index is -1.25. The van der Waals surface area contributed by atoms with E-state index in [2.05, 4.69) is 33.1 Å². The van der Waals surface area contributed by atoms with E-state index in [0.717, 1.165) is 11.1 Å². The van der Waals surface area contributed by atoms with E-state index in [9.17, 15) is 38.4 Å². The molecule has 50 heavy (non-hydrogen) atoms. The van der Waals surface area contributed by atoms with E-state index >= 15 is 0 Å². The van der Waals surface area contributed by atoms with Crippen molar-refractivity contribution in [2.24, 2.45) is 5.92 Å². The summed E-state index contributed by atoms with van der Waals surface area (Å²) in [7, 11) is 0. The first-order valence-electron chi connectivity index (χ1n) is 16.0. The van der Waals surface area contributed by atoms with E-state index in [0.29, 0.717) is 16.3 Å². The van der Waals surface area contributed by atoms with Gasteiger partial charge in [-0.3, -0.25) is 33.6 Å². The minimum Gasteiger partial charge on any atom is -0.347 e. The fourth-order valence-corrected chi connectivity index (χ4v) is 5.02. The second-order valence-electron chi connectivity index (χ2n) is 12.0. The van der Waals surface area contributed by atoms with Crippen molar-refractivity contribution >= 4 is 53.0 Å². The van der Waals surface area contributed by atoms with Crippen molar-refractivity contribution in [1.29, 1.82) is 0 Å². The summed E-state index contributed by atoms with van der Waals surface area (Å²) in [6, 6.07) is 12.4. The molecule has 2 aromatic rings. The zero-order valence-electron chi connectivity index (χ0n) is 27.9. The van der Waals surface area contributed by atoms with E-state index in [1.165, 1.54) is 6.92 Å². The maximum Gasteiger partial charge on any atom is 0.354 e. The summed E-state index contributed by atoms with van der Waals surface area (Å²) in [6.45, 7) is 3.89. The van der Waals surface area contributed by atoms with Gasteiger partial charge in [-0.05, 0) is 36.6 Å². The van der Waals surface area contributed by atoms with Crippen molar-refractivity contribution < 1.29 is 43.2 Å².